The molecule has 1 aliphatic rings. The van der Waals surface area contributed by atoms with Crippen LogP contribution in [0, 0.1) is 11.8 Å². The van der Waals surface area contributed by atoms with Crippen molar-refractivity contribution in [2.24, 2.45) is 11.8 Å². The first-order chi connectivity index (χ1) is 9.93. The number of likely N-dealkylation sites (tertiary alicyclic amines) is 1. The molecule has 0 spiro atoms. The number of nitrogens with zero attached hydrogens (tertiary/aromatic N) is 1. The van der Waals surface area contributed by atoms with E-state index in [1.54, 1.807) is 0 Å². The van der Waals surface area contributed by atoms with Crippen LogP contribution in [0.25, 0.3) is 0 Å². The lowest BCUT2D eigenvalue weighted by Crippen LogP contribution is -2.44. The topological polar surface area (TPSA) is 41.6 Å². The number of nitrogens with one attached hydrogen (secondary N) is 1. The van der Waals surface area contributed by atoms with Crippen molar-refractivity contribution in [3.8, 4) is 0 Å². The van der Waals surface area contributed by atoms with Crippen LogP contribution in [0.15, 0.2) is 0 Å². The molecule has 0 aromatic heterocycles. The summed E-state index contributed by atoms with van der Waals surface area (Å²) in [5, 5.41) is 3.31. The molecule has 1 rings (SSSR count). The second-order valence-electron chi connectivity index (χ2n) is 6.96. The summed E-state index contributed by atoms with van der Waals surface area (Å²) in [5.74, 6) is 1.51. The molecule has 0 radical (unpaired) electrons. The molecule has 0 aromatic carbocycles. The van der Waals surface area contributed by atoms with Crippen molar-refractivity contribution >= 4 is 5.97 Å². The molecule has 0 saturated carbocycles. The Balaban J connectivity index is 2.42. The van der Waals surface area contributed by atoms with Gasteiger partial charge in [0.05, 0.1) is 7.11 Å². The Labute approximate surface area is 130 Å². The van der Waals surface area contributed by atoms with Gasteiger partial charge in [-0.05, 0) is 50.6 Å². The van der Waals surface area contributed by atoms with Crippen LogP contribution < -0.4 is 5.32 Å². The molecule has 1 N–H and O–H groups in total. The molecule has 21 heavy (non-hydrogen) atoms. The van der Waals surface area contributed by atoms with E-state index in [-0.39, 0.29) is 12.0 Å². The zero-order valence-corrected chi connectivity index (χ0v) is 14.5. The van der Waals surface area contributed by atoms with E-state index in [9.17, 15) is 4.79 Å². The monoisotopic (exact) mass is 298 g/mol. The van der Waals surface area contributed by atoms with E-state index in [0.29, 0.717) is 6.04 Å². The minimum Gasteiger partial charge on any atom is -0.468 e. The first-order valence-electron chi connectivity index (χ1n) is 8.50. The van der Waals surface area contributed by atoms with Crippen molar-refractivity contribution in [1.29, 1.82) is 0 Å². The summed E-state index contributed by atoms with van der Waals surface area (Å²) in [5.41, 5.74) is 0. The normalized spacial score (nSPS) is 22.3. The molecule has 4 heteroatoms. The van der Waals surface area contributed by atoms with E-state index in [1.165, 1.54) is 39.5 Å². The fourth-order valence-electron chi connectivity index (χ4n) is 3.20. The lowest BCUT2D eigenvalue weighted by Gasteiger charge is -2.24. The fraction of sp³-hybridized carbons (Fsp3) is 0.941. The molecule has 2 unspecified atom stereocenters. The Hall–Kier alpha value is -0.610. The van der Waals surface area contributed by atoms with E-state index in [0.717, 1.165) is 24.8 Å². The Morgan fingerprint density at radius 3 is 2.52 bits per heavy atom. The zero-order chi connectivity index (χ0) is 15.8. The van der Waals surface area contributed by atoms with E-state index in [1.807, 2.05) is 0 Å². The third-order valence-electron chi connectivity index (χ3n) is 4.56. The molecule has 1 saturated heterocycles. The highest BCUT2D eigenvalue weighted by Crippen LogP contribution is 2.24. The molecule has 0 aromatic rings. The van der Waals surface area contributed by atoms with Crippen LogP contribution in [-0.4, -0.2) is 49.7 Å². The number of ether oxygens (including phenoxy) is 1. The molecule has 0 amide bonds. The number of rotatable bonds is 7. The first kappa shape index (κ1) is 18.4. The van der Waals surface area contributed by atoms with Crippen molar-refractivity contribution in [3.63, 3.8) is 0 Å². The molecular formula is C17H34N2O2. The summed E-state index contributed by atoms with van der Waals surface area (Å²) >= 11 is 0. The van der Waals surface area contributed by atoms with Crippen LogP contribution in [0.1, 0.15) is 53.4 Å². The van der Waals surface area contributed by atoms with Gasteiger partial charge in [-0.1, -0.05) is 27.7 Å². The van der Waals surface area contributed by atoms with Gasteiger partial charge in [-0.15, -0.1) is 0 Å². The Kier molecular flexibility index (Phi) is 8.27. The van der Waals surface area contributed by atoms with Crippen LogP contribution in [0.2, 0.25) is 0 Å². The third-order valence-corrected chi connectivity index (χ3v) is 4.56. The lowest BCUT2D eigenvalue weighted by molar-refractivity contribution is -0.143. The summed E-state index contributed by atoms with van der Waals surface area (Å²) in [6.07, 6.45) is 4.75. The molecule has 2 atom stereocenters. The van der Waals surface area contributed by atoms with Crippen molar-refractivity contribution in [2.75, 3.05) is 26.7 Å². The van der Waals surface area contributed by atoms with Gasteiger partial charge in [0, 0.05) is 12.6 Å². The predicted octanol–water partition coefficient (Wildman–Crippen LogP) is 2.67. The van der Waals surface area contributed by atoms with Crippen LogP contribution >= 0.6 is 0 Å². The van der Waals surface area contributed by atoms with Crippen molar-refractivity contribution in [3.05, 3.63) is 0 Å². The van der Waals surface area contributed by atoms with Crippen LogP contribution in [-0.2, 0) is 9.53 Å². The summed E-state index contributed by atoms with van der Waals surface area (Å²) in [7, 11) is 1.47. The van der Waals surface area contributed by atoms with E-state index in [2.05, 4.69) is 37.9 Å². The smallest absolute Gasteiger partial charge is 0.322 e. The van der Waals surface area contributed by atoms with Gasteiger partial charge in [0.1, 0.15) is 6.04 Å². The number of carbonyl (C=O) groups is 1. The molecule has 1 fully saturated rings. The fourth-order valence-corrected chi connectivity index (χ4v) is 3.20. The maximum Gasteiger partial charge on any atom is 0.322 e. The highest BCUT2D eigenvalue weighted by atomic mass is 16.5. The van der Waals surface area contributed by atoms with Gasteiger partial charge < -0.3 is 15.0 Å². The van der Waals surface area contributed by atoms with Crippen LogP contribution in [0.4, 0.5) is 0 Å². The number of hydrogen-bond acceptors (Lipinski definition) is 4. The Bertz CT molecular complexity index is 305. The van der Waals surface area contributed by atoms with Gasteiger partial charge in [0.15, 0.2) is 0 Å². The van der Waals surface area contributed by atoms with Gasteiger partial charge in [0.2, 0.25) is 0 Å². The molecule has 1 heterocycles. The first-order valence-corrected chi connectivity index (χ1v) is 8.50. The van der Waals surface area contributed by atoms with Gasteiger partial charge in [-0.25, -0.2) is 0 Å². The van der Waals surface area contributed by atoms with Crippen molar-refractivity contribution < 1.29 is 9.53 Å². The molecule has 0 aliphatic carbocycles. The van der Waals surface area contributed by atoms with Gasteiger partial charge >= 0.3 is 5.97 Å². The second kappa shape index (κ2) is 9.42. The number of hydrogen-bond donors (Lipinski definition) is 1. The minimum absolute atomic E-state index is 0.140. The van der Waals surface area contributed by atoms with Crippen molar-refractivity contribution in [2.45, 2.75) is 65.5 Å². The third kappa shape index (κ3) is 6.79. The molecule has 1 aliphatic heterocycles. The summed E-state index contributed by atoms with van der Waals surface area (Å²) in [4.78, 5) is 14.3. The largest absolute Gasteiger partial charge is 0.468 e. The standard InChI is InChI=1S/C17H34N2O2/c1-13(2)15-7-6-10-19(11-8-15)12-9-16(17(20)21-5)18-14(3)4/h13-16,18H,6-12H2,1-5H3. The van der Waals surface area contributed by atoms with Crippen molar-refractivity contribution in [1.82, 2.24) is 10.2 Å². The molecule has 4 nitrogen and oxygen atoms in total. The SMILES string of the molecule is COC(=O)C(CCN1CCCC(C(C)C)CC1)NC(C)C. The summed E-state index contributed by atoms with van der Waals surface area (Å²) < 4.78 is 4.91. The number of esters is 1. The highest BCUT2D eigenvalue weighted by molar-refractivity contribution is 5.75. The molecular weight excluding hydrogens is 264 g/mol. The Morgan fingerprint density at radius 2 is 1.95 bits per heavy atom. The molecule has 0 bridgehead atoms. The van der Waals surface area contributed by atoms with Crippen LogP contribution in [0.3, 0.4) is 0 Å². The van der Waals surface area contributed by atoms with E-state index >= 15 is 0 Å². The second-order valence-corrected chi connectivity index (χ2v) is 6.96. The number of methoxy groups -OCH3 is 1. The average Bonchev–Trinajstić information content (AvgIpc) is 2.67. The summed E-state index contributed by atoms with van der Waals surface area (Å²) in [6, 6.07) is 0.114. The zero-order valence-electron chi connectivity index (χ0n) is 14.5. The Morgan fingerprint density at radius 1 is 1.24 bits per heavy atom. The number of carbonyl (C=O) groups excluding carboxylic acids is 1. The van der Waals surface area contributed by atoms with E-state index < -0.39 is 0 Å². The lowest BCUT2D eigenvalue weighted by atomic mass is 9.89. The quantitative estimate of drug-likeness (QED) is 0.734. The predicted molar refractivity (Wildman–Crippen MR) is 87.3 cm³/mol. The van der Waals surface area contributed by atoms with Gasteiger partial charge in [-0.2, -0.15) is 0 Å². The summed E-state index contributed by atoms with van der Waals surface area (Å²) in [6.45, 7) is 12.1. The van der Waals surface area contributed by atoms with Crippen LogP contribution in [0.5, 0.6) is 0 Å². The maximum atomic E-state index is 11.8. The van der Waals surface area contributed by atoms with E-state index in [4.69, 9.17) is 4.74 Å². The minimum atomic E-state index is -0.181. The maximum absolute atomic E-state index is 11.8. The molecule has 124 valence electrons. The van der Waals surface area contributed by atoms with Gasteiger partial charge in [-0.3, -0.25) is 4.79 Å². The highest BCUT2D eigenvalue weighted by Gasteiger charge is 2.23. The average molecular weight is 298 g/mol. The van der Waals surface area contributed by atoms with Gasteiger partial charge in [0.25, 0.3) is 0 Å².